The Morgan fingerprint density at radius 3 is 2.86 bits per heavy atom. The van der Waals surface area contributed by atoms with Crippen LogP contribution in [0.5, 0.6) is 5.75 Å². The molecule has 0 aromatic heterocycles. The van der Waals surface area contributed by atoms with Crippen LogP contribution in [0.2, 0.25) is 0 Å². The maximum Gasteiger partial charge on any atom is 0.223 e. The summed E-state index contributed by atoms with van der Waals surface area (Å²) in [5.74, 6) is 0.924. The van der Waals surface area contributed by atoms with Gasteiger partial charge in [0.15, 0.2) is 0 Å². The molecule has 114 valence electrons. The van der Waals surface area contributed by atoms with Gasteiger partial charge < -0.3 is 15.4 Å². The Hall–Kier alpha value is -1.55. The molecule has 1 saturated carbocycles. The topological polar surface area (TPSA) is 50.4 Å². The first kappa shape index (κ1) is 14.4. The van der Waals surface area contributed by atoms with Crippen LogP contribution in [0.3, 0.4) is 0 Å². The summed E-state index contributed by atoms with van der Waals surface area (Å²) in [4.78, 5) is 12.0. The summed E-state index contributed by atoms with van der Waals surface area (Å²) < 4.78 is 5.57. The van der Waals surface area contributed by atoms with Crippen LogP contribution in [-0.4, -0.2) is 30.6 Å². The van der Waals surface area contributed by atoms with E-state index in [1.165, 1.54) is 19.3 Å². The first-order chi connectivity index (χ1) is 10.3. The number of carbonyl (C=O) groups excluding carboxylic acids is 1. The molecule has 1 aromatic carbocycles. The van der Waals surface area contributed by atoms with Gasteiger partial charge in [-0.3, -0.25) is 4.79 Å². The fourth-order valence-electron chi connectivity index (χ4n) is 3.34. The highest BCUT2D eigenvalue weighted by atomic mass is 16.5. The van der Waals surface area contributed by atoms with E-state index in [4.69, 9.17) is 4.74 Å². The van der Waals surface area contributed by atoms with Crippen molar-refractivity contribution in [2.24, 2.45) is 0 Å². The van der Waals surface area contributed by atoms with E-state index in [1.54, 1.807) is 0 Å². The molecule has 1 saturated heterocycles. The van der Waals surface area contributed by atoms with E-state index >= 15 is 0 Å². The van der Waals surface area contributed by atoms with Crippen LogP contribution < -0.4 is 15.4 Å². The molecule has 2 fully saturated rings. The van der Waals surface area contributed by atoms with Crippen molar-refractivity contribution >= 4 is 5.91 Å². The van der Waals surface area contributed by atoms with Gasteiger partial charge in [-0.25, -0.2) is 0 Å². The maximum absolute atomic E-state index is 12.0. The highest BCUT2D eigenvalue weighted by Crippen LogP contribution is 2.38. The highest BCUT2D eigenvalue weighted by molar-refractivity contribution is 5.76. The molecular formula is C17H24N2O2. The van der Waals surface area contributed by atoms with Gasteiger partial charge >= 0.3 is 0 Å². The Balaban J connectivity index is 1.38. The molecule has 4 heteroatoms. The van der Waals surface area contributed by atoms with E-state index in [-0.39, 0.29) is 5.91 Å². The van der Waals surface area contributed by atoms with E-state index in [9.17, 15) is 4.79 Å². The quantitative estimate of drug-likeness (QED) is 0.873. The van der Waals surface area contributed by atoms with Gasteiger partial charge in [0.25, 0.3) is 0 Å². The van der Waals surface area contributed by atoms with Gasteiger partial charge in [-0.05, 0) is 50.8 Å². The van der Waals surface area contributed by atoms with Crippen LogP contribution in [0.15, 0.2) is 30.3 Å². The van der Waals surface area contributed by atoms with Gasteiger partial charge in [0.1, 0.15) is 5.75 Å². The second-order valence-corrected chi connectivity index (χ2v) is 6.23. The number of hydrogen-bond donors (Lipinski definition) is 2. The van der Waals surface area contributed by atoms with Crippen LogP contribution in [0, 0.1) is 0 Å². The predicted molar refractivity (Wildman–Crippen MR) is 82.3 cm³/mol. The van der Waals surface area contributed by atoms with Crippen molar-refractivity contribution < 1.29 is 9.53 Å². The summed E-state index contributed by atoms with van der Waals surface area (Å²) in [6.07, 6.45) is 6.38. The largest absolute Gasteiger partial charge is 0.493 e. The minimum Gasteiger partial charge on any atom is -0.493 e. The zero-order valence-electron chi connectivity index (χ0n) is 12.4. The minimum absolute atomic E-state index is 0.104. The second kappa shape index (κ2) is 6.48. The lowest BCUT2D eigenvalue weighted by Crippen LogP contribution is -2.59. The lowest BCUT2D eigenvalue weighted by Gasteiger charge is -2.48. The molecule has 1 atom stereocenters. The molecule has 2 aliphatic rings. The summed E-state index contributed by atoms with van der Waals surface area (Å²) in [6, 6.07) is 9.96. The van der Waals surface area contributed by atoms with Crippen molar-refractivity contribution in [3.8, 4) is 5.75 Å². The van der Waals surface area contributed by atoms with E-state index in [0.717, 1.165) is 25.1 Å². The lowest BCUT2D eigenvalue weighted by molar-refractivity contribution is -0.122. The number of hydrogen-bond acceptors (Lipinski definition) is 3. The van der Waals surface area contributed by atoms with E-state index in [0.29, 0.717) is 24.6 Å². The first-order valence-corrected chi connectivity index (χ1v) is 7.98. The zero-order valence-corrected chi connectivity index (χ0v) is 12.4. The fraction of sp³-hybridized carbons (Fsp3) is 0.588. The fourth-order valence-corrected chi connectivity index (χ4v) is 3.34. The molecule has 1 amide bonds. The average Bonchev–Trinajstić information content (AvgIpc) is 2.47. The van der Waals surface area contributed by atoms with Crippen LogP contribution in [0.1, 0.15) is 38.5 Å². The molecule has 3 rings (SSSR count). The zero-order chi connectivity index (χ0) is 14.5. The van der Waals surface area contributed by atoms with Gasteiger partial charge in [-0.1, -0.05) is 18.2 Å². The third-order valence-corrected chi connectivity index (χ3v) is 4.65. The highest BCUT2D eigenvalue weighted by Gasteiger charge is 2.41. The molecule has 1 spiro atoms. The van der Waals surface area contributed by atoms with Crippen LogP contribution in [0.25, 0.3) is 0 Å². The molecule has 2 N–H and O–H groups in total. The predicted octanol–water partition coefficient (Wildman–Crippen LogP) is 2.25. The summed E-state index contributed by atoms with van der Waals surface area (Å²) in [6.45, 7) is 1.46. The third kappa shape index (κ3) is 3.76. The third-order valence-electron chi connectivity index (χ3n) is 4.65. The van der Waals surface area contributed by atoms with Crippen molar-refractivity contribution in [1.29, 1.82) is 0 Å². The van der Waals surface area contributed by atoms with Crippen molar-refractivity contribution in [3.05, 3.63) is 30.3 Å². The van der Waals surface area contributed by atoms with E-state index in [2.05, 4.69) is 10.6 Å². The van der Waals surface area contributed by atoms with Crippen molar-refractivity contribution in [2.75, 3.05) is 13.2 Å². The Morgan fingerprint density at radius 2 is 2.14 bits per heavy atom. The number of carbonyl (C=O) groups is 1. The monoisotopic (exact) mass is 288 g/mol. The van der Waals surface area contributed by atoms with Crippen molar-refractivity contribution in [3.63, 3.8) is 0 Å². The number of benzene rings is 1. The van der Waals surface area contributed by atoms with Gasteiger partial charge in [0, 0.05) is 11.6 Å². The van der Waals surface area contributed by atoms with Crippen LogP contribution in [0.4, 0.5) is 0 Å². The Kier molecular flexibility index (Phi) is 4.44. The summed E-state index contributed by atoms with van der Waals surface area (Å²) in [5.41, 5.74) is 0.330. The molecule has 1 aliphatic carbocycles. The molecule has 21 heavy (non-hydrogen) atoms. The summed E-state index contributed by atoms with van der Waals surface area (Å²) >= 11 is 0. The molecule has 1 unspecified atom stereocenters. The second-order valence-electron chi connectivity index (χ2n) is 6.23. The summed E-state index contributed by atoms with van der Waals surface area (Å²) in [7, 11) is 0. The maximum atomic E-state index is 12.0. The van der Waals surface area contributed by atoms with E-state index in [1.807, 2.05) is 30.3 Å². The van der Waals surface area contributed by atoms with Gasteiger partial charge in [0.05, 0.1) is 13.0 Å². The minimum atomic E-state index is 0.104. The average molecular weight is 288 g/mol. The normalized spacial score (nSPS) is 23.3. The first-order valence-electron chi connectivity index (χ1n) is 7.98. The molecule has 1 aromatic rings. The van der Waals surface area contributed by atoms with Crippen molar-refractivity contribution in [1.82, 2.24) is 10.6 Å². The summed E-state index contributed by atoms with van der Waals surface area (Å²) in [5, 5.41) is 6.79. The lowest BCUT2D eigenvalue weighted by atomic mass is 9.70. The van der Waals surface area contributed by atoms with Gasteiger partial charge in [-0.2, -0.15) is 0 Å². The van der Waals surface area contributed by atoms with Crippen molar-refractivity contribution in [2.45, 2.75) is 50.1 Å². The Labute approximate surface area is 126 Å². The molecule has 0 bridgehead atoms. The number of ether oxygens (including phenoxy) is 1. The molecule has 0 radical (unpaired) electrons. The molecule has 1 aliphatic heterocycles. The standard InChI is InChI=1S/C17H24N2O2/c20-16(8-12-21-15-5-2-1-3-6-15)19-14-7-11-18-17(13-14)9-4-10-17/h1-3,5-6,14,18H,4,7-13H2,(H,19,20). The van der Waals surface area contributed by atoms with Crippen LogP contribution >= 0.6 is 0 Å². The Bertz CT molecular complexity index is 471. The van der Waals surface area contributed by atoms with Gasteiger partial charge in [-0.15, -0.1) is 0 Å². The van der Waals surface area contributed by atoms with Gasteiger partial charge in [0.2, 0.25) is 5.91 Å². The Morgan fingerprint density at radius 1 is 1.33 bits per heavy atom. The number of piperidine rings is 1. The smallest absolute Gasteiger partial charge is 0.223 e. The van der Waals surface area contributed by atoms with Crippen LogP contribution in [-0.2, 0) is 4.79 Å². The molecule has 4 nitrogen and oxygen atoms in total. The molecule has 1 heterocycles. The number of rotatable bonds is 5. The SMILES string of the molecule is O=C(CCOc1ccccc1)NC1CCNC2(CCC2)C1. The number of amides is 1. The number of para-hydroxylation sites is 1. The molecular weight excluding hydrogens is 264 g/mol. The van der Waals surface area contributed by atoms with E-state index < -0.39 is 0 Å². The number of nitrogens with one attached hydrogen (secondary N) is 2.